The predicted octanol–water partition coefficient (Wildman–Crippen LogP) is 1.94. The summed E-state index contributed by atoms with van der Waals surface area (Å²) in [7, 11) is 0. The highest BCUT2D eigenvalue weighted by Gasteiger charge is 2.22. The minimum atomic E-state index is -1.10. The molecule has 2 heterocycles. The van der Waals surface area contributed by atoms with Crippen molar-refractivity contribution in [2.75, 3.05) is 16.8 Å². The van der Waals surface area contributed by atoms with Crippen molar-refractivity contribution in [3.8, 4) is 0 Å². The van der Waals surface area contributed by atoms with E-state index in [0.717, 1.165) is 11.4 Å². The first-order chi connectivity index (χ1) is 9.63. The number of carboxylic acids is 1. The maximum atomic E-state index is 11.7. The maximum absolute atomic E-state index is 11.7. The fraction of sp³-hybridized carbons (Fsp3) is 0.143. The first-order valence-electron chi connectivity index (χ1n) is 6.09. The predicted molar refractivity (Wildman–Crippen MR) is 71.8 cm³/mol. The number of carbonyl (C=O) groups excluding carboxylic acids is 1. The molecule has 2 N–H and O–H groups in total. The first kappa shape index (κ1) is 12.3. The lowest BCUT2D eigenvalue weighted by molar-refractivity contribution is -0.115. The van der Waals surface area contributed by atoms with Crippen molar-refractivity contribution in [2.45, 2.75) is 6.54 Å². The molecule has 102 valence electrons. The van der Waals surface area contributed by atoms with Gasteiger partial charge in [-0.05, 0) is 24.3 Å². The number of anilines is 2. The highest BCUT2D eigenvalue weighted by Crippen LogP contribution is 2.30. The molecule has 0 atom stereocenters. The zero-order valence-corrected chi connectivity index (χ0v) is 10.5. The molecule has 2 aromatic rings. The van der Waals surface area contributed by atoms with E-state index in [4.69, 9.17) is 9.52 Å². The van der Waals surface area contributed by atoms with Crippen molar-refractivity contribution in [3.63, 3.8) is 0 Å². The third-order valence-corrected chi connectivity index (χ3v) is 3.07. The van der Waals surface area contributed by atoms with Crippen LogP contribution in [0.5, 0.6) is 0 Å². The van der Waals surface area contributed by atoms with Crippen LogP contribution in [0.2, 0.25) is 0 Å². The molecular weight excluding hydrogens is 260 g/mol. The number of fused-ring (bicyclic) bond motifs is 1. The number of amides is 1. The molecule has 1 amide bonds. The lowest BCUT2D eigenvalue weighted by Gasteiger charge is -2.30. The molecule has 0 saturated carbocycles. The summed E-state index contributed by atoms with van der Waals surface area (Å²) in [6, 6.07) is 10.5. The lowest BCUT2D eigenvalue weighted by Crippen LogP contribution is -2.37. The summed E-state index contributed by atoms with van der Waals surface area (Å²) in [5, 5.41) is 11.6. The van der Waals surface area contributed by atoms with E-state index in [1.807, 2.05) is 29.2 Å². The second-order valence-electron chi connectivity index (χ2n) is 4.49. The Morgan fingerprint density at radius 3 is 2.85 bits per heavy atom. The Balaban J connectivity index is 1.86. The molecule has 1 aromatic carbocycles. The molecule has 0 bridgehead atoms. The SMILES string of the molecule is O=C1CN(Cc2ccc(C(=O)O)o2)c2ccccc2N1. The minimum Gasteiger partial charge on any atom is -0.475 e. The molecular formula is C14H12N2O4. The van der Waals surface area contributed by atoms with Crippen LogP contribution in [0.15, 0.2) is 40.8 Å². The van der Waals surface area contributed by atoms with Crippen molar-refractivity contribution in [3.05, 3.63) is 47.9 Å². The number of carboxylic acid groups (broad SMARTS) is 1. The Morgan fingerprint density at radius 1 is 1.30 bits per heavy atom. The van der Waals surface area contributed by atoms with Gasteiger partial charge in [0.1, 0.15) is 5.76 Å². The first-order valence-corrected chi connectivity index (χ1v) is 6.09. The summed E-state index contributed by atoms with van der Waals surface area (Å²) in [5.41, 5.74) is 1.63. The van der Waals surface area contributed by atoms with Crippen LogP contribution in [0, 0.1) is 0 Å². The Hall–Kier alpha value is -2.76. The molecule has 1 aromatic heterocycles. The van der Waals surface area contributed by atoms with Crippen LogP contribution >= 0.6 is 0 Å². The topological polar surface area (TPSA) is 82.8 Å². The van der Waals surface area contributed by atoms with Crippen LogP contribution in [-0.4, -0.2) is 23.5 Å². The minimum absolute atomic E-state index is 0.102. The van der Waals surface area contributed by atoms with Gasteiger partial charge >= 0.3 is 5.97 Å². The number of nitrogens with zero attached hydrogens (tertiary/aromatic N) is 1. The number of para-hydroxylation sites is 2. The second kappa shape index (κ2) is 4.73. The summed E-state index contributed by atoms with van der Waals surface area (Å²) in [4.78, 5) is 24.3. The molecule has 0 radical (unpaired) electrons. The summed E-state index contributed by atoms with van der Waals surface area (Å²) in [6.07, 6.45) is 0. The van der Waals surface area contributed by atoms with Crippen molar-refractivity contribution >= 4 is 23.3 Å². The normalized spacial score (nSPS) is 13.8. The van der Waals surface area contributed by atoms with Crippen LogP contribution in [-0.2, 0) is 11.3 Å². The third kappa shape index (κ3) is 2.23. The maximum Gasteiger partial charge on any atom is 0.371 e. The van der Waals surface area contributed by atoms with Crippen LogP contribution in [0.4, 0.5) is 11.4 Å². The van der Waals surface area contributed by atoms with Crippen molar-refractivity contribution in [2.24, 2.45) is 0 Å². The van der Waals surface area contributed by atoms with Crippen LogP contribution in [0.1, 0.15) is 16.3 Å². The Kier molecular flexibility index (Phi) is 2.90. The van der Waals surface area contributed by atoms with Gasteiger partial charge in [0, 0.05) is 0 Å². The van der Waals surface area contributed by atoms with Gasteiger partial charge in [-0.15, -0.1) is 0 Å². The van der Waals surface area contributed by atoms with Crippen LogP contribution in [0.3, 0.4) is 0 Å². The van der Waals surface area contributed by atoms with E-state index in [0.29, 0.717) is 12.3 Å². The van der Waals surface area contributed by atoms with Crippen LogP contribution in [0.25, 0.3) is 0 Å². The smallest absolute Gasteiger partial charge is 0.371 e. The Labute approximate surface area is 114 Å². The van der Waals surface area contributed by atoms with Crippen molar-refractivity contribution in [1.29, 1.82) is 0 Å². The molecule has 1 aliphatic rings. The Bertz CT molecular complexity index is 677. The van der Waals surface area contributed by atoms with Gasteiger partial charge in [0.2, 0.25) is 11.7 Å². The van der Waals surface area contributed by atoms with E-state index < -0.39 is 5.97 Å². The summed E-state index contributed by atoms with van der Waals surface area (Å²) < 4.78 is 5.23. The summed E-state index contributed by atoms with van der Waals surface area (Å²) in [6.45, 7) is 0.553. The zero-order chi connectivity index (χ0) is 14.1. The van der Waals surface area contributed by atoms with Gasteiger partial charge in [-0.3, -0.25) is 4.79 Å². The molecule has 6 heteroatoms. The molecule has 0 fully saturated rings. The fourth-order valence-corrected chi connectivity index (χ4v) is 2.21. The van der Waals surface area contributed by atoms with Gasteiger partial charge in [-0.1, -0.05) is 12.1 Å². The van der Waals surface area contributed by atoms with Gasteiger partial charge < -0.3 is 19.7 Å². The van der Waals surface area contributed by atoms with E-state index in [9.17, 15) is 9.59 Å². The largest absolute Gasteiger partial charge is 0.475 e. The van der Waals surface area contributed by atoms with Gasteiger partial charge in [0.05, 0.1) is 24.5 Å². The number of rotatable bonds is 3. The molecule has 6 nitrogen and oxygen atoms in total. The van der Waals surface area contributed by atoms with E-state index in [-0.39, 0.29) is 18.2 Å². The molecule has 1 aliphatic heterocycles. The molecule has 0 aliphatic carbocycles. The Morgan fingerprint density at radius 2 is 2.10 bits per heavy atom. The molecule has 3 rings (SSSR count). The van der Waals surface area contributed by atoms with Gasteiger partial charge in [-0.25, -0.2) is 4.79 Å². The molecule has 0 saturated heterocycles. The second-order valence-corrected chi connectivity index (χ2v) is 4.49. The summed E-state index contributed by atoms with van der Waals surface area (Å²) >= 11 is 0. The van der Waals surface area contributed by atoms with Gasteiger partial charge in [0.15, 0.2) is 0 Å². The standard InChI is InChI=1S/C14H12N2O4/c17-13-8-16(11-4-2-1-3-10(11)15-13)7-9-5-6-12(20-9)14(18)19/h1-6H,7-8H2,(H,15,17)(H,18,19). The lowest BCUT2D eigenvalue weighted by atomic mass is 10.2. The van der Waals surface area contributed by atoms with Gasteiger partial charge in [0.25, 0.3) is 0 Å². The van der Waals surface area contributed by atoms with Gasteiger partial charge in [-0.2, -0.15) is 0 Å². The van der Waals surface area contributed by atoms with Crippen molar-refractivity contribution < 1.29 is 19.1 Å². The number of benzene rings is 1. The number of aromatic carboxylic acids is 1. The number of nitrogens with one attached hydrogen (secondary N) is 1. The zero-order valence-electron chi connectivity index (χ0n) is 10.5. The van der Waals surface area contributed by atoms with E-state index >= 15 is 0 Å². The fourth-order valence-electron chi connectivity index (χ4n) is 2.21. The van der Waals surface area contributed by atoms with Crippen molar-refractivity contribution in [1.82, 2.24) is 0 Å². The average molecular weight is 272 g/mol. The number of hydrogen-bond donors (Lipinski definition) is 2. The highest BCUT2D eigenvalue weighted by molar-refractivity contribution is 6.01. The molecule has 0 spiro atoms. The quantitative estimate of drug-likeness (QED) is 0.892. The number of furan rings is 1. The van der Waals surface area contributed by atoms with E-state index in [1.165, 1.54) is 6.07 Å². The third-order valence-electron chi connectivity index (χ3n) is 3.07. The molecule has 0 unspecified atom stereocenters. The monoisotopic (exact) mass is 272 g/mol. The van der Waals surface area contributed by atoms with E-state index in [2.05, 4.69) is 5.32 Å². The summed E-state index contributed by atoms with van der Waals surface area (Å²) in [5.74, 6) is -0.802. The number of carbonyl (C=O) groups is 2. The molecule has 20 heavy (non-hydrogen) atoms. The van der Waals surface area contributed by atoms with E-state index in [1.54, 1.807) is 6.07 Å². The number of hydrogen-bond acceptors (Lipinski definition) is 4. The van der Waals surface area contributed by atoms with Crippen LogP contribution < -0.4 is 10.2 Å². The average Bonchev–Trinajstić information content (AvgIpc) is 2.87. The highest BCUT2D eigenvalue weighted by atomic mass is 16.4.